The van der Waals surface area contributed by atoms with Crippen molar-refractivity contribution in [1.82, 2.24) is 4.90 Å². The fourth-order valence-electron chi connectivity index (χ4n) is 2.28. The minimum Gasteiger partial charge on any atom is -0.377 e. The minimum absolute atomic E-state index is 0.0626. The van der Waals surface area contributed by atoms with Crippen LogP contribution in [0, 0.1) is 10.1 Å². The third-order valence-corrected chi connectivity index (χ3v) is 3.45. The third kappa shape index (κ3) is 4.52. The number of allylic oxidation sites excluding steroid dienone is 3. The number of hydrogen-bond acceptors (Lipinski definition) is 6. The van der Waals surface area contributed by atoms with Crippen LogP contribution in [0.2, 0.25) is 0 Å². The Morgan fingerprint density at radius 3 is 2.71 bits per heavy atom. The summed E-state index contributed by atoms with van der Waals surface area (Å²) in [4.78, 5) is 14.7. The van der Waals surface area contributed by atoms with Crippen LogP contribution in [-0.4, -0.2) is 37.5 Å². The van der Waals surface area contributed by atoms with Gasteiger partial charge in [-0.1, -0.05) is 5.57 Å². The predicted octanol–water partition coefficient (Wildman–Crippen LogP) is 4.03. The summed E-state index contributed by atoms with van der Waals surface area (Å²) < 4.78 is 0. The van der Waals surface area contributed by atoms with Crippen LogP contribution in [0.4, 0.5) is 17.1 Å². The number of nitro benzene ring substituents is 1. The van der Waals surface area contributed by atoms with Crippen LogP contribution in [0.3, 0.4) is 0 Å². The number of azo groups is 1. The Balaban J connectivity index is 2.34. The Morgan fingerprint density at radius 2 is 2.04 bits per heavy atom. The van der Waals surface area contributed by atoms with E-state index in [1.807, 2.05) is 52.5 Å². The van der Waals surface area contributed by atoms with E-state index in [1.165, 1.54) is 6.07 Å². The maximum Gasteiger partial charge on any atom is 0.298 e. The fourth-order valence-corrected chi connectivity index (χ4v) is 2.28. The van der Waals surface area contributed by atoms with Gasteiger partial charge in [0, 0.05) is 39.4 Å². The van der Waals surface area contributed by atoms with Crippen LogP contribution in [0.25, 0.3) is 0 Å². The van der Waals surface area contributed by atoms with Gasteiger partial charge in [0.25, 0.3) is 5.69 Å². The number of nitro groups is 1. The van der Waals surface area contributed by atoms with Gasteiger partial charge in [0.15, 0.2) is 5.69 Å². The molecule has 7 nitrogen and oxygen atoms in total. The van der Waals surface area contributed by atoms with E-state index < -0.39 is 4.92 Å². The molecule has 0 fully saturated rings. The van der Waals surface area contributed by atoms with E-state index in [9.17, 15) is 10.1 Å². The summed E-state index contributed by atoms with van der Waals surface area (Å²) in [6.45, 7) is 2.80. The number of nitrogens with zero attached hydrogens (tertiary/aromatic N) is 5. The van der Waals surface area contributed by atoms with Gasteiger partial charge in [-0.15, -0.1) is 5.11 Å². The summed E-state index contributed by atoms with van der Waals surface area (Å²) in [5, 5.41) is 19.5. The maximum atomic E-state index is 11.3. The maximum absolute atomic E-state index is 11.3. The molecule has 1 aliphatic rings. The van der Waals surface area contributed by atoms with Crippen molar-refractivity contribution in [2.75, 3.05) is 32.6 Å². The molecule has 0 unspecified atom stereocenters. The van der Waals surface area contributed by atoms with E-state index >= 15 is 0 Å². The van der Waals surface area contributed by atoms with Crippen LogP contribution >= 0.6 is 0 Å². The molecule has 1 aliphatic heterocycles. The Labute approximate surface area is 141 Å². The second kappa shape index (κ2) is 7.54. The van der Waals surface area contributed by atoms with E-state index in [-0.39, 0.29) is 11.4 Å². The van der Waals surface area contributed by atoms with Crippen molar-refractivity contribution in [2.45, 2.75) is 6.92 Å². The Bertz CT molecular complexity index is 747. The second-order valence-electron chi connectivity index (χ2n) is 5.86. The highest BCUT2D eigenvalue weighted by atomic mass is 16.6. The molecule has 0 bridgehead atoms. The van der Waals surface area contributed by atoms with Gasteiger partial charge in [0.2, 0.25) is 0 Å². The summed E-state index contributed by atoms with van der Waals surface area (Å²) >= 11 is 0. The van der Waals surface area contributed by atoms with Gasteiger partial charge in [-0.05, 0) is 43.5 Å². The first kappa shape index (κ1) is 17.4. The molecular weight excluding hydrogens is 306 g/mol. The molecule has 24 heavy (non-hydrogen) atoms. The summed E-state index contributed by atoms with van der Waals surface area (Å²) in [5.74, 6) is 0. The lowest BCUT2D eigenvalue weighted by Crippen LogP contribution is -2.13. The number of benzene rings is 1. The lowest BCUT2D eigenvalue weighted by molar-refractivity contribution is -0.384. The molecule has 2 rings (SSSR count). The Kier molecular flexibility index (Phi) is 5.47. The topological polar surface area (TPSA) is 74.3 Å². The molecule has 0 radical (unpaired) electrons. The average Bonchev–Trinajstić information content (AvgIpc) is 2.50. The van der Waals surface area contributed by atoms with Gasteiger partial charge < -0.3 is 9.80 Å². The fraction of sp³-hybridized carbons (Fsp3) is 0.294. The summed E-state index contributed by atoms with van der Waals surface area (Å²) in [5.41, 5.74) is 2.70. The van der Waals surface area contributed by atoms with Crippen molar-refractivity contribution in [2.24, 2.45) is 10.2 Å². The van der Waals surface area contributed by atoms with Crippen molar-refractivity contribution < 1.29 is 4.92 Å². The van der Waals surface area contributed by atoms with E-state index in [0.29, 0.717) is 5.70 Å². The van der Waals surface area contributed by atoms with Crippen molar-refractivity contribution in [3.63, 3.8) is 0 Å². The van der Waals surface area contributed by atoms with E-state index in [4.69, 9.17) is 0 Å². The first-order valence-corrected chi connectivity index (χ1v) is 7.50. The molecule has 126 valence electrons. The van der Waals surface area contributed by atoms with Gasteiger partial charge >= 0.3 is 0 Å². The molecule has 0 aromatic heterocycles. The van der Waals surface area contributed by atoms with Crippen LogP contribution in [0.15, 0.2) is 64.1 Å². The van der Waals surface area contributed by atoms with Crippen LogP contribution in [-0.2, 0) is 0 Å². The molecule has 7 heteroatoms. The molecule has 0 amide bonds. The average molecular weight is 327 g/mol. The van der Waals surface area contributed by atoms with Gasteiger partial charge in [0.1, 0.15) is 0 Å². The van der Waals surface area contributed by atoms with E-state index in [2.05, 4.69) is 15.1 Å². The van der Waals surface area contributed by atoms with Gasteiger partial charge in [-0.25, -0.2) is 0 Å². The summed E-state index contributed by atoms with van der Waals surface area (Å²) in [6, 6.07) is 4.89. The van der Waals surface area contributed by atoms with E-state index in [0.717, 1.165) is 17.8 Å². The van der Waals surface area contributed by atoms with Gasteiger partial charge in [0.05, 0.1) is 10.6 Å². The molecule has 0 N–H and O–H groups in total. The summed E-state index contributed by atoms with van der Waals surface area (Å²) in [7, 11) is 5.65. The standard InChI is InChI=1S/C17H21N5O2/c1-13-10-14(6-5-9-21(4)12-13)18-19-16-8-7-15(20(2)3)11-17(16)22(23)24/h5-11H,12H2,1-4H3. The third-order valence-electron chi connectivity index (χ3n) is 3.45. The number of hydrogen-bond donors (Lipinski definition) is 0. The largest absolute Gasteiger partial charge is 0.377 e. The van der Waals surface area contributed by atoms with Crippen molar-refractivity contribution >= 4 is 17.1 Å². The van der Waals surface area contributed by atoms with Crippen molar-refractivity contribution in [3.05, 3.63) is 64.0 Å². The van der Waals surface area contributed by atoms with Crippen LogP contribution < -0.4 is 4.90 Å². The first-order valence-electron chi connectivity index (χ1n) is 7.50. The Morgan fingerprint density at radius 1 is 1.29 bits per heavy atom. The highest BCUT2D eigenvalue weighted by Gasteiger charge is 2.15. The zero-order chi connectivity index (χ0) is 17.7. The van der Waals surface area contributed by atoms with Crippen LogP contribution in [0.1, 0.15) is 6.92 Å². The molecule has 0 aliphatic carbocycles. The van der Waals surface area contributed by atoms with Crippen LogP contribution in [0.5, 0.6) is 0 Å². The Hall–Kier alpha value is -2.96. The molecule has 1 heterocycles. The number of rotatable bonds is 4. The predicted molar refractivity (Wildman–Crippen MR) is 95.5 cm³/mol. The van der Waals surface area contributed by atoms with Crippen molar-refractivity contribution in [1.29, 1.82) is 0 Å². The van der Waals surface area contributed by atoms with Gasteiger partial charge in [-0.2, -0.15) is 5.11 Å². The number of likely N-dealkylation sites (N-methyl/N-ethyl adjacent to an activating group) is 1. The molecular formula is C17H21N5O2. The highest BCUT2D eigenvalue weighted by Crippen LogP contribution is 2.32. The zero-order valence-electron chi connectivity index (χ0n) is 14.3. The molecule has 0 spiro atoms. The molecule has 1 aromatic carbocycles. The molecule has 0 atom stereocenters. The second-order valence-corrected chi connectivity index (χ2v) is 5.86. The molecule has 0 saturated carbocycles. The highest BCUT2D eigenvalue weighted by molar-refractivity contribution is 5.65. The van der Waals surface area contributed by atoms with Crippen molar-refractivity contribution in [3.8, 4) is 0 Å². The lowest BCUT2D eigenvalue weighted by atomic mass is 10.2. The minimum atomic E-state index is -0.441. The smallest absolute Gasteiger partial charge is 0.298 e. The molecule has 1 aromatic rings. The van der Waals surface area contributed by atoms with E-state index in [1.54, 1.807) is 17.0 Å². The zero-order valence-corrected chi connectivity index (χ0v) is 14.3. The molecule has 0 saturated heterocycles. The quantitative estimate of drug-likeness (QED) is 0.475. The van der Waals surface area contributed by atoms with Gasteiger partial charge in [-0.3, -0.25) is 10.1 Å². The normalized spacial score (nSPS) is 14.9. The monoisotopic (exact) mass is 327 g/mol. The lowest BCUT2D eigenvalue weighted by Gasteiger charge is -2.15. The first-order chi connectivity index (χ1) is 11.4. The summed E-state index contributed by atoms with van der Waals surface area (Å²) in [6.07, 6.45) is 7.56. The number of anilines is 1. The SMILES string of the molecule is CC1=CC(N=Nc2ccc(N(C)C)cc2[N+](=O)[O-])=CC=CN(C)C1.